The Morgan fingerprint density at radius 2 is 2.27 bits per heavy atom. The Bertz CT molecular complexity index is 410. The smallest absolute Gasteiger partial charge is 0.229 e. The van der Waals surface area contributed by atoms with Crippen LogP contribution in [0.2, 0.25) is 5.02 Å². The summed E-state index contributed by atoms with van der Waals surface area (Å²) < 4.78 is 13.4. The Hall–Kier alpha value is -1.13. The van der Waals surface area contributed by atoms with E-state index in [9.17, 15) is 9.18 Å². The molecule has 2 unspecified atom stereocenters. The molecule has 1 aliphatic carbocycles. The molecular weight excluding hydrogens is 219 g/mol. The summed E-state index contributed by atoms with van der Waals surface area (Å²) >= 11 is 5.57. The van der Waals surface area contributed by atoms with Crippen molar-refractivity contribution >= 4 is 23.2 Å². The Balaban J connectivity index is 2.10. The summed E-state index contributed by atoms with van der Waals surface area (Å²) in [5.74, 6) is -1.05. The van der Waals surface area contributed by atoms with Gasteiger partial charge >= 0.3 is 0 Å². The molecule has 1 aromatic rings. The molecule has 0 radical (unpaired) electrons. The van der Waals surface area contributed by atoms with E-state index in [-0.39, 0.29) is 28.6 Å². The molecule has 1 saturated carbocycles. The van der Waals surface area contributed by atoms with Crippen LogP contribution in [-0.2, 0) is 4.79 Å². The van der Waals surface area contributed by atoms with E-state index >= 15 is 0 Å². The van der Waals surface area contributed by atoms with E-state index in [0.29, 0.717) is 6.42 Å². The summed E-state index contributed by atoms with van der Waals surface area (Å²) in [6.45, 7) is 0. The number of halogens is 2. The fourth-order valence-electron chi connectivity index (χ4n) is 1.34. The molecule has 1 fully saturated rings. The molecule has 0 spiro atoms. The molecule has 80 valence electrons. The molecule has 2 rings (SSSR count). The maximum Gasteiger partial charge on any atom is 0.229 e. The monoisotopic (exact) mass is 228 g/mol. The second kappa shape index (κ2) is 3.79. The van der Waals surface area contributed by atoms with E-state index in [1.165, 1.54) is 12.1 Å². The fourth-order valence-corrected chi connectivity index (χ4v) is 1.52. The first-order chi connectivity index (χ1) is 7.09. The molecule has 1 aromatic carbocycles. The molecule has 15 heavy (non-hydrogen) atoms. The zero-order valence-electron chi connectivity index (χ0n) is 7.84. The van der Waals surface area contributed by atoms with Crippen molar-refractivity contribution in [2.45, 2.75) is 12.5 Å². The summed E-state index contributed by atoms with van der Waals surface area (Å²) in [4.78, 5) is 11.4. The second-order valence-corrected chi connectivity index (χ2v) is 4.00. The van der Waals surface area contributed by atoms with E-state index < -0.39 is 5.82 Å². The molecule has 1 amide bonds. The maximum absolute atomic E-state index is 13.4. The van der Waals surface area contributed by atoms with Crippen LogP contribution in [0.1, 0.15) is 6.42 Å². The van der Waals surface area contributed by atoms with Crippen LogP contribution in [0.4, 0.5) is 10.1 Å². The molecule has 3 N–H and O–H groups in total. The molecule has 0 saturated heterocycles. The molecule has 5 heteroatoms. The van der Waals surface area contributed by atoms with Gasteiger partial charge in [0.2, 0.25) is 5.91 Å². The van der Waals surface area contributed by atoms with Crippen LogP contribution < -0.4 is 11.1 Å². The lowest BCUT2D eigenvalue weighted by atomic mass is 10.3. The fraction of sp³-hybridized carbons (Fsp3) is 0.300. The first-order valence-corrected chi connectivity index (χ1v) is 4.98. The number of carbonyl (C=O) groups excluding carboxylic acids is 1. The van der Waals surface area contributed by atoms with Crippen molar-refractivity contribution in [3.05, 3.63) is 29.0 Å². The highest BCUT2D eigenvalue weighted by Gasteiger charge is 2.40. The van der Waals surface area contributed by atoms with Gasteiger partial charge in [0.25, 0.3) is 0 Å². The van der Waals surface area contributed by atoms with Crippen molar-refractivity contribution in [1.82, 2.24) is 0 Å². The molecular formula is C10H10ClFN2O. The maximum atomic E-state index is 13.4. The number of nitrogens with one attached hydrogen (secondary N) is 1. The van der Waals surface area contributed by atoms with Crippen LogP contribution in [0, 0.1) is 11.7 Å². The minimum atomic E-state index is -0.610. The number of benzene rings is 1. The highest BCUT2D eigenvalue weighted by Crippen LogP contribution is 2.30. The van der Waals surface area contributed by atoms with Crippen LogP contribution >= 0.6 is 11.6 Å². The standard InChI is InChI=1S/C10H10ClFN2O/c11-6-2-1-3-8(9(6)12)14-10(15)5-4-7(5)13/h1-3,5,7H,4,13H2,(H,14,15). The van der Waals surface area contributed by atoms with Crippen molar-refractivity contribution in [3.8, 4) is 0 Å². The Morgan fingerprint density at radius 1 is 1.60 bits per heavy atom. The number of carbonyl (C=O) groups is 1. The number of hydrogen-bond donors (Lipinski definition) is 2. The van der Waals surface area contributed by atoms with Crippen LogP contribution in [0.15, 0.2) is 18.2 Å². The van der Waals surface area contributed by atoms with Crippen LogP contribution in [0.5, 0.6) is 0 Å². The minimum absolute atomic E-state index is 0.00658. The summed E-state index contributed by atoms with van der Waals surface area (Å²) in [5.41, 5.74) is 5.61. The summed E-state index contributed by atoms with van der Waals surface area (Å²) in [7, 11) is 0. The highest BCUT2D eigenvalue weighted by molar-refractivity contribution is 6.31. The number of anilines is 1. The van der Waals surface area contributed by atoms with Crippen molar-refractivity contribution in [2.75, 3.05) is 5.32 Å². The molecule has 0 bridgehead atoms. The number of hydrogen-bond acceptors (Lipinski definition) is 2. The third-order valence-corrected chi connectivity index (χ3v) is 2.68. The Labute approximate surface area is 91.4 Å². The van der Waals surface area contributed by atoms with Crippen molar-refractivity contribution < 1.29 is 9.18 Å². The topological polar surface area (TPSA) is 55.1 Å². The largest absolute Gasteiger partial charge is 0.327 e. The molecule has 3 nitrogen and oxygen atoms in total. The lowest BCUT2D eigenvalue weighted by Gasteiger charge is -2.06. The third-order valence-electron chi connectivity index (χ3n) is 2.39. The van der Waals surface area contributed by atoms with Crippen LogP contribution in [0.3, 0.4) is 0 Å². The second-order valence-electron chi connectivity index (χ2n) is 3.60. The molecule has 2 atom stereocenters. The van der Waals surface area contributed by atoms with Gasteiger partial charge in [0.05, 0.1) is 16.6 Å². The number of rotatable bonds is 2. The van der Waals surface area contributed by atoms with Gasteiger partial charge in [0.1, 0.15) is 0 Å². The van der Waals surface area contributed by atoms with Gasteiger partial charge in [-0.2, -0.15) is 0 Å². The average molecular weight is 229 g/mol. The van der Waals surface area contributed by atoms with Gasteiger partial charge in [0, 0.05) is 6.04 Å². The summed E-state index contributed by atoms with van der Waals surface area (Å²) in [6.07, 6.45) is 0.661. The van der Waals surface area contributed by atoms with E-state index in [2.05, 4.69) is 5.32 Å². The first-order valence-electron chi connectivity index (χ1n) is 4.60. The lowest BCUT2D eigenvalue weighted by molar-refractivity contribution is -0.117. The SMILES string of the molecule is NC1CC1C(=O)Nc1cccc(Cl)c1F. The molecule has 0 heterocycles. The zero-order chi connectivity index (χ0) is 11.0. The molecule has 1 aliphatic rings. The zero-order valence-corrected chi connectivity index (χ0v) is 8.59. The average Bonchev–Trinajstić information content (AvgIpc) is 2.91. The van der Waals surface area contributed by atoms with Gasteiger partial charge in [-0.3, -0.25) is 4.79 Å². The normalized spacial score (nSPS) is 23.7. The Kier molecular flexibility index (Phi) is 2.63. The van der Waals surface area contributed by atoms with Gasteiger partial charge in [0.15, 0.2) is 5.82 Å². The van der Waals surface area contributed by atoms with Crippen LogP contribution in [-0.4, -0.2) is 11.9 Å². The minimum Gasteiger partial charge on any atom is -0.327 e. The van der Waals surface area contributed by atoms with E-state index in [1.807, 2.05) is 0 Å². The van der Waals surface area contributed by atoms with Crippen molar-refractivity contribution in [3.63, 3.8) is 0 Å². The lowest BCUT2D eigenvalue weighted by Crippen LogP contribution is -2.19. The number of nitrogens with two attached hydrogens (primary N) is 1. The van der Waals surface area contributed by atoms with Gasteiger partial charge in [-0.1, -0.05) is 17.7 Å². The van der Waals surface area contributed by atoms with E-state index in [0.717, 1.165) is 0 Å². The first kappa shape index (κ1) is 10.4. The highest BCUT2D eigenvalue weighted by atomic mass is 35.5. The summed E-state index contributed by atoms with van der Waals surface area (Å²) in [5, 5.41) is 2.46. The van der Waals surface area contributed by atoms with Gasteiger partial charge in [-0.05, 0) is 18.6 Å². The Morgan fingerprint density at radius 3 is 2.87 bits per heavy atom. The van der Waals surface area contributed by atoms with Gasteiger partial charge < -0.3 is 11.1 Å². The van der Waals surface area contributed by atoms with Crippen molar-refractivity contribution in [1.29, 1.82) is 0 Å². The molecule has 0 aromatic heterocycles. The van der Waals surface area contributed by atoms with Crippen molar-refractivity contribution in [2.24, 2.45) is 11.7 Å². The predicted molar refractivity (Wildman–Crippen MR) is 56.1 cm³/mol. The number of amides is 1. The predicted octanol–water partition coefficient (Wildman–Crippen LogP) is 1.76. The van der Waals surface area contributed by atoms with Crippen LogP contribution in [0.25, 0.3) is 0 Å². The summed E-state index contributed by atoms with van der Waals surface area (Å²) in [6, 6.07) is 4.38. The third kappa shape index (κ3) is 2.11. The molecule has 0 aliphatic heterocycles. The van der Waals surface area contributed by atoms with Gasteiger partial charge in [-0.25, -0.2) is 4.39 Å². The van der Waals surface area contributed by atoms with E-state index in [4.69, 9.17) is 17.3 Å². The van der Waals surface area contributed by atoms with Gasteiger partial charge in [-0.15, -0.1) is 0 Å². The quantitative estimate of drug-likeness (QED) is 0.811. The van der Waals surface area contributed by atoms with E-state index in [1.54, 1.807) is 6.07 Å².